The molecule has 9 saturated carbocycles. The Morgan fingerprint density at radius 2 is 0.802 bits per heavy atom. The van der Waals surface area contributed by atoms with Crippen LogP contribution in [0.25, 0.3) is 0 Å². The van der Waals surface area contributed by atoms with Crippen molar-refractivity contribution in [2.75, 3.05) is 52.5 Å². The van der Waals surface area contributed by atoms with Crippen molar-refractivity contribution in [2.45, 2.75) is 330 Å². The number of aliphatic carboxylic acids is 3. The van der Waals surface area contributed by atoms with Gasteiger partial charge in [-0.25, -0.2) is 19.4 Å². The number of hydrogen-bond donors (Lipinski definition) is 4. The fraction of sp³-hybridized carbons (Fsp3) is 0.851. The van der Waals surface area contributed by atoms with E-state index in [4.69, 9.17) is 33.5 Å². The summed E-state index contributed by atoms with van der Waals surface area (Å²) in [5.41, 5.74) is 4.83. The molecule has 15 rings (SSSR count). The maximum Gasteiger partial charge on any atom is 1.00 e. The number of carbonyl (C=O) groups excluding carboxylic acids is 4. The molecule has 619 valence electrons. The van der Waals surface area contributed by atoms with Gasteiger partial charge in [-0.05, 0) is 251 Å². The predicted octanol–water partition coefficient (Wildman–Crippen LogP) is 11.9. The molecule has 6 aliphatic heterocycles. The Kier molecular flexibility index (Phi) is 33.1. The van der Waals surface area contributed by atoms with E-state index in [9.17, 15) is 43.8 Å². The van der Waals surface area contributed by atoms with Gasteiger partial charge in [0.25, 0.3) is 0 Å². The van der Waals surface area contributed by atoms with Crippen LogP contribution in [0.3, 0.4) is 0 Å². The van der Waals surface area contributed by atoms with Gasteiger partial charge in [0.05, 0.1) is 38.1 Å². The number of ether oxygens (including phenoxy) is 6. The summed E-state index contributed by atoms with van der Waals surface area (Å²) in [5, 5.41) is 30.4. The predicted molar refractivity (Wildman–Crippen MR) is 416 cm³/mol. The first kappa shape index (κ1) is 91.3. The average Bonchev–Trinajstić information content (AvgIpc) is 1.71. The van der Waals surface area contributed by atoms with Crippen LogP contribution in [0.4, 0.5) is 0 Å². The van der Waals surface area contributed by atoms with Crippen molar-refractivity contribution in [2.24, 2.45) is 85.8 Å². The second-order valence-electron chi connectivity index (χ2n) is 37.4. The smallest absolute Gasteiger partial charge is 0.793 e. The summed E-state index contributed by atoms with van der Waals surface area (Å²) >= 11 is 0. The average molecular weight is 1560 g/mol. The molecule has 3 radical (unpaired) electrons. The van der Waals surface area contributed by atoms with Crippen LogP contribution in [0.5, 0.6) is 0 Å². The second kappa shape index (κ2) is 40.2. The van der Waals surface area contributed by atoms with E-state index >= 15 is 0 Å². The first-order chi connectivity index (χ1) is 52.3. The third kappa shape index (κ3) is 20.9. The molecular weight excluding hydrogens is 1420 g/mol. The number of carboxylic acid groups (broad SMARTS) is 3. The van der Waals surface area contributed by atoms with Gasteiger partial charge in [0.1, 0.15) is 24.4 Å². The molecule has 6 heterocycles. The quantitative estimate of drug-likeness (QED) is 0.0413. The number of carbonyl (C=O) groups is 7. The number of hydrogen-bond acceptors (Lipinski definition) is 19. The van der Waals surface area contributed by atoms with Crippen molar-refractivity contribution in [3.63, 3.8) is 0 Å². The molecule has 21 atom stereocenters. The second-order valence-corrected chi connectivity index (χ2v) is 37.4. The van der Waals surface area contributed by atoms with Gasteiger partial charge in [0.15, 0.2) is 18.9 Å². The maximum absolute atomic E-state index is 11.7. The van der Waals surface area contributed by atoms with E-state index < -0.39 is 35.8 Å². The first-order valence-corrected chi connectivity index (χ1v) is 42.8. The third-order valence-electron chi connectivity index (χ3n) is 30.7. The van der Waals surface area contributed by atoms with Gasteiger partial charge in [0.2, 0.25) is 5.97 Å². The SMILES string of the molecule is C=C1CCC2[C@]3(C)CO[C@@H](C4CCCC4)O[C@@H]3CC[C@@]2(C)[C@@H]1CC=O.C=C1CCC2[C@]3(C)CO[C@@H](C4CCCC4)O[C@@H]3CC[C@@]2(C)[C@@H]1CCN1CCC[C@@H]1C(=O)O.C=C1CCC2[C@]3(C)CO[C@@H](C4CCCC4)O[C@@H]3CC[C@@]2(C)[C@@H]1CCN1CCC[C@@H]1C(=O)O.CC(=O)OOC(C)=O.O=C(O)[C@H]1CCCN1.[B-]OC(C)=O.[Na+]. The Morgan fingerprint density at radius 3 is 1.08 bits per heavy atom. The maximum atomic E-state index is 11.7. The topological polar surface area (TPSA) is 282 Å². The number of aldehydes is 1. The number of rotatable bonds is 14. The van der Waals surface area contributed by atoms with Gasteiger partial charge in [-0.15, -0.1) is 0 Å². The molecule has 22 nitrogen and oxygen atoms in total. The molecule has 0 aromatic heterocycles. The largest absolute Gasteiger partial charge is 1.00 e. The summed E-state index contributed by atoms with van der Waals surface area (Å²) < 4.78 is 42.8. The summed E-state index contributed by atoms with van der Waals surface area (Å²) in [7, 11) is 4.32. The van der Waals surface area contributed by atoms with Gasteiger partial charge in [-0.2, -0.15) is 0 Å². The van der Waals surface area contributed by atoms with Crippen molar-refractivity contribution in [3.05, 3.63) is 36.5 Å². The molecular formula is C87H138BN3NaO19. The first-order valence-electron chi connectivity index (χ1n) is 42.8. The summed E-state index contributed by atoms with van der Waals surface area (Å²) in [5.74, 6) is 0.954. The van der Waals surface area contributed by atoms with Crippen LogP contribution in [0, 0.1) is 85.8 Å². The fourth-order valence-corrected chi connectivity index (χ4v) is 24.9. The molecule has 24 heteroatoms. The van der Waals surface area contributed by atoms with Crippen LogP contribution in [-0.4, -0.2) is 183 Å². The molecule has 0 amide bonds. The minimum absolute atomic E-state index is 0. The molecule has 9 aliphatic carbocycles. The van der Waals surface area contributed by atoms with Crippen molar-refractivity contribution in [1.82, 2.24) is 15.1 Å². The minimum atomic E-state index is -0.720. The van der Waals surface area contributed by atoms with Gasteiger partial charge < -0.3 is 66.6 Å². The summed E-state index contributed by atoms with van der Waals surface area (Å²) in [6.07, 6.45) is 39.2. The number of nitrogens with one attached hydrogen (secondary N) is 1. The number of likely N-dealkylation sites (tertiary alicyclic amines) is 2. The fourth-order valence-electron chi connectivity index (χ4n) is 24.9. The summed E-state index contributed by atoms with van der Waals surface area (Å²) in [6, 6.07) is -0.859. The molecule has 0 spiro atoms. The van der Waals surface area contributed by atoms with Gasteiger partial charge in [-0.3, -0.25) is 29.0 Å². The van der Waals surface area contributed by atoms with Crippen LogP contribution >= 0.6 is 0 Å². The Balaban J connectivity index is 0.000000169. The zero-order valence-electron chi connectivity index (χ0n) is 69.4. The molecule has 0 aromatic rings. The van der Waals surface area contributed by atoms with E-state index in [1.54, 1.807) is 0 Å². The summed E-state index contributed by atoms with van der Waals surface area (Å²) in [4.78, 5) is 85.9. The van der Waals surface area contributed by atoms with Gasteiger partial charge >= 0.3 is 59.4 Å². The number of allylic oxidation sites excluding steroid dienone is 3. The number of fused-ring (bicyclic) bond motifs is 9. The van der Waals surface area contributed by atoms with Crippen LogP contribution in [0.15, 0.2) is 36.5 Å². The van der Waals surface area contributed by atoms with E-state index in [1.807, 2.05) is 0 Å². The monoisotopic (exact) mass is 1560 g/mol. The van der Waals surface area contributed by atoms with Crippen LogP contribution in [-0.2, 0) is 76.4 Å². The Hall–Kier alpha value is -3.59. The zero-order chi connectivity index (χ0) is 79.5. The van der Waals surface area contributed by atoms with Gasteiger partial charge in [0, 0.05) is 61.2 Å². The van der Waals surface area contributed by atoms with Crippen molar-refractivity contribution in [1.29, 1.82) is 0 Å². The van der Waals surface area contributed by atoms with E-state index in [-0.39, 0.29) is 99.0 Å². The molecule has 111 heavy (non-hydrogen) atoms. The molecule has 0 aromatic carbocycles. The van der Waals surface area contributed by atoms with Crippen LogP contribution in [0.1, 0.15) is 274 Å². The Bertz CT molecular complexity index is 3040. The van der Waals surface area contributed by atoms with E-state index in [0.29, 0.717) is 78.0 Å². The normalized spacial score (nSPS) is 40.0. The third-order valence-corrected chi connectivity index (χ3v) is 30.7. The van der Waals surface area contributed by atoms with Gasteiger partial charge in [-0.1, -0.05) is 117 Å². The molecule has 15 aliphatic rings. The van der Waals surface area contributed by atoms with E-state index in [0.717, 1.165) is 169 Å². The van der Waals surface area contributed by atoms with Crippen molar-refractivity contribution < 1.29 is 121 Å². The zero-order valence-corrected chi connectivity index (χ0v) is 71.4. The minimum Gasteiger partial charge on any atom is -0.793 e. The molecule has 0 bridgehead atoms. The number of carboxylic acids is 3. The van der Waals surface area contributed by atoms with E-state index in [2.05, 4.69) is 98.9 Å². The molecule has 15 fully saturated rings. The van der Waals surface area contributed by atoms with Crippen molar-refractivity contribution >= 4 is 50.2 Å². The van der Waals surface area contributed by atoms with Crippen molar-refractivity contribution in [3.8, 4) is 0 Å². The molecule has 4 N–H and O–H groups in total. The van der Waals surface area contributed by atoms with E-state index in [1.165, 1.54) is 133 Å². The Labute approximate surface area is 686 Å². The summed E-state index contributed by atoms with van der Waals surface area (Å²) in [6.45, 7) is 38.4. The standard InChI is InChI=1S/2C27H43NO4.C22H34O3.C5H9NO2.C4H6O4.C2H3BO2.Na/c2*1-18-10-11-22-26(2,20(18)13-16-28-15-6-9-21(28)24(29)30)14-12-23-27(22,3)17-31-25(32-23)19-7-4-5-8-19;1-15-8-9-18-21(2,17(15)11-13-23)12-10-19-22(18,3)14-24-20(25-19)16-6-4-5-7-16;7-5(8)4-2-1-3-6-4;1-3(5)7-8-4(2)6;1-2(4)5-3;/h2*19-23,25H,1,4-17H2,2-3H3,(H,29,30);13,16-20H,1,4-12,14H2,2-3H3;4,6H,1-3H2,(H,7,8);1-2H3;1H3;/q;;;;;-1;+1/t2*20-,21-,22?,23-,25-,26+,27+;17-,18?,19-,20-,21+,22+;4-;;;/m1111.../s1. The molecule has 6 saturated heterocycles. The Morgan fingerprint density at radius 1 is 0.468 bits per heavy atom. The molecule has 3 unspecified atom stereocenters. The number of nitrogens with zero attached hydrogens (tertiary/aromatic N) is 2. The van der Waals surface area contributed by atoms with Crippen LogP contribution in [0.2, 0.25) is 0 Å². The van der Waals surface area contributed by atoms with Crippen LogP contribution < -0.4 is 34.9 Å².